The van der Waals surface area contributed by atoms with Gasteiger partial charge in [-0.05, 0) is 58.3 Å². The van der Waals surface area contributed by atoms with Gasteiger partial charge in [-0.15, -0.1) is 11.3 Å². The molecule has 1 amide bonds. The van der Waals surface area contributed by atoms with Crippen molar-refractivity contribution in [1.82, 2.24) is 10.3 Å². The summed E-state index contributed by atoms with van der Waals surface area (Å²) >= 11 is 14.1. The molecule has 140 valence electrons. The lowest BCUT2D eigenvalue weighted by molar-refractivity contribution is -0.120. The molecule has 3 aromatic rings. The molecule has 0 saturated heterocycles. The van der Waals surface area contributed by atoms with Gasteiger partial charge in [0.15, 0.2) is 5.11 Å². The predicted molar refractivity (Wildman–Crippen MR) is 124 cm³/mol. The average Bonchev–Trinajstić information content (AvgIpc) is 3.00. The van der Waals surface area contributed by atoms with Gasteiger partial charge in [-0.2, -0.15) is 0 Å². The fraction of sp³-hybridized carbons (Fsp3) is 0.211. The van der Waals surface area contributed by atoms with Crippen molar-refractivity contribution in [2.75, 3.05) is 5.32 Å². The highest BCUT2D eigenvalue weighted by Gasteiger charge is 2.16. The zero-order valence-corrected chi connectivity index (χ0v) is 19.5. The predicted octanol–water partition coefficient (Wildman–Crippen LogP) is 6.35. The van der Waals surface area contributed by atoms with Crippen molar-refractivity contribution in [2.24, 2.45) is 5.92 Å². The molecule has 0 fully saturated rings. The first-order valence-electron chi connectivity index (χ1n) is 8.29. The molecule has 0 radical (unpaired) electrons. The Hall–Kier alpha value is -1.35. The fourth-order valence-corrected chi connectivity index (χ4v) is 5.08. The number of carbonyl (C=O) groups is 1. The van der Waals surface area contributed by atoms with Gasteiger partial charge >= 0.3 is 0 Å². The third kappa shape index (κ3) is 5.13. The SMILES string of the molecule is CC(C)CC(=O)NC(=S)Nc1c(Br)cc(Br)cc1-c1nc2ccccc2s1. The van der Waals surface area contributed by atoms with E-state index >= 15 is 0 Å². The smallest absolute Gasteiger partial charge is 0.226 e. The summed E-state index contributed by atoms with van der Waals surface area (Å²) in [4.78, 5) is 16.7. The molecule has 8 heteroatoms. The van der Waals surface area contributed by atoms with E-state index in [1.54, 1.807) is 11.3 Å². The minimum atomic E-state index is -0.0997. The number of para-hydroxylation sites is 1. The van der Waals surface area contributed by atoms with Gasteiger partial charge in [0.25, 0.3) is 0 Å². The van der Waals surface area contributed by atoms with Crippen LogP contribution in [0.4, 0.5) is 5.69 Å². The minimum absolute atomic E-state index is 0.0997. The van der Waals surface area contributed by atoms with Gasteiger partial charge < -0.3 is 10.6 Å². The molecular weight excluding hydrogens is 510 g/mol. The fourth-order valence-electron chi connectivity index (χ4n) is 2.55. The highest BCUT2D eigenvalue weighted by atomic mass is 79.9. The Labute approximate surface area is 184 Å². The van der Waals surface area contributed by atoms with E-state index in [0.717, 1.165) is 35.4 Å². The molecule has 0 unspecified atom stereocenters. The number of benzene rings is 2. The second kappa shape index (κ2) is 8.77. The third-order valence-electron chi connectivity index (χ3n) is 3.66. The minimum Gasteiger partial charge on any atom is -0.331 e. The summed E-state index contributed by atoms with van der Waals surface area (Å²) in [6.07, 6.45) is 0.425. The number of carbonyl (C=O) groups excluding carboxylic acids is 1. The molecule has 0 aliphatic rings. The summed E-state index contributed by atoms with van der Waals surface area (Å²) in [7, 11) is 0. The van der Waals surface area contributed by atoms with E-state index in [1.807, 2.05) is 50.2 Å². The number of hydrogen-bond donors (Lipinski definition) is 2. The van der Waals surface area contributed by atoms with E-state index in [4.69, 9.17) is 17.2 Å². The van der Waals surface area contributed by atoms with Crippen molar-refractivity contribution in [3.63, 3.8) is 0 Å². The number of halogens is 2. The second-order valence-corrected chi connectivity index (χ2v) is 9.61. The number of nitrogens with zero attached hydrogens (tertiary/aromatic N) is 1. The average molecular weight is 527 g/mol. The van der Waals surface area contributed by atoms with Crippen LogP contribution in [0.25, 0.3) is 20.8 Å². The summed E-state index contributed by atoms with van der Waals surface area (Å²) in [6, 6.07) is 11.9. The highest BCUT2D eigenvalue weighted by Crippen LogP contribution is 2.40. The molecule has 0 aliphatic carbocycles. The van der Waals surface area contributed by atoms with Crippen molar-refractivity contribution in [2.45, 2.75) is 20.3 Å². The maximum absolute atomic E-state index is 12.0. The Balaban J connectivity index is 1.93. The standard InChI is InChI=1S/C19H17Br2N3OS2/c1-10(2)7-16(25)23-19(26)24-17-12(8-11(20)9-13(17)21)18-22-14-5-3-4-6-15(14)27-18/h3-6,8-10H,7H2,1-2H3,(H2,23,24,25,26). The van der Waals surface area contributed by atoms with E-state index < -0.39 is 0 Å². The molecule has 0 atom stereocenters. The van der Waals surface area contributed by atoms with Gasteiger partial charge in [0, 0.05) is 20.9 Å². The lowest BCUT2D eigenvalue weighted by Crippen LogP contribution is -2.34. The van der Waals surface area contributed by atoms with Crippen LogP contribution in [-0.4, -0.2) is 16.0 Å². The topological polar surface area (TPSA) is 54.0 Å². The van der Waals surface area contributed by atoms with E-state index in [-0.39, 0.29) is 16.9 Å². The number of aromatic nitrogens is 1. The third-order valence-corrected chi connectivity index (χ3v) is 6.02. The lowest BCUT2D eigenvalue weighted by atomic mass is 10.1. The number of rotatable bonds is 4. The normalized spacial score (nSPS) is 11.0. The monoisotopic (exact) mass is 525 g/mol. The zero-order valence-electron chi connectivity index (χ0n) is 14.7. The van der Waals surface area contributed by atoms with Crippen molar-refractivity contribution < 1.29 is 4.79 Å². The Morgan fingerprint density at radius 2 is 2.00 bits per heavy atom. The van der Waals surface area contributed by atoms with Gasteiger partial charge in [0.05, 0.1) is 15.9 Å². The van der Waals surface area contributed by atoms with Crippen LogP contribution >= 0.6 is 55.4 Å². The maximum atomic E-state index is 12.0. The van der Waals surface area contributed by atoms with Gasteiger partial charge in [-0.1, -0.05) is 41.9 Å². The van der Waals surface area contributed by atoms with Crippen molar-refractivity contribution >= 4 is 82.3 Å². The van der Waals surface area contributed by atoms with E-state index in [2.05, 4.69) is 42.5 Å². The molecule has 3 rings (SSSR count). The van der Waals surface area contributed by atoms with Crippen molar-refractivity contribution in [1.29, 1.82) is 0 Å². The number of thiocarbonyl (C=S) groups is 1. The number of anilines is 1. The molecule has 2 N–H and O–H groups in total. The molecule has 0 bridgehead atoms. The molecule has 1 aromatic heterocycles. The number of nitrogens with one attached hydrogen (secondary N) is 2. The van der Waals surface area contributed by atoms with Gasteiger partial charge in [0.2, 0.25) is 5.91 Å². The first-order chi connectivity index (χ1) is 12.8. The summed E-state index contributed by atoms with van der Waals surface area (Å²) in [5.41, 5.74) is 2.62. The number of fused-ring (bicyclic) bond motifs is 1. The van der Waals surface area contributed by atoms with Crippen molar-refractivity contribution in [3.05, 3.63) is 45.3 Å². The first-order valence-corrected chi connectivity index (χ1v) is 11.1. The number of thiazole rings is 1. The van der Waals surface area contributed by atoms with Gasteiger partial charge in [-0.3, -0.25) is 4.79 Å². The summed E-state index contributed by atoms with van der Waals surface area (Å²) in [5.74, 6) is 0.169. The Kier molecular flexibility index (Phi) is 6.62. The van der Waals surface area contributed by atoms with Crippen LogP contribution in [0, 0.1) is 5.92 Å². The van der Waals surface area contributed by atoms with Crippen LogP contribution in [-0.2, 0) is 4.79 Å². The number of hydrogen-bond acceptors (Lipinski definition) is 4. The molecule has 1 heterocycles. The molecule has 2 aromatic carbocycles. The molecule has 0 spiro atoms. The molecule has 27 heavy (non-hydrogen) atoms. The zero-order chi connectivity index (χ0) is 19.6. The Morgan fingerprint density at radius 1 is 1.26 bits per heavy atom. The summed E-state index contributed by atoms with van der Waals surface area (Å²) in [5, 5.41) is 7.03. The van der Waals surface area contributed by atoms with Crippen molar-refractivity contribution in [3.8, 4) is 10.6 Å². The van der Waals surface area contributed by atoms with Crippen LogP contribution in [0.15, 0.2) is 45.3 Å². The second-order valence-electron chi connectivity index (χ2n) is 6.40. The molecule has 0 aliphatic heterocycles. The lowest BCUT2D eigenvalue weighted by Gasteiger charge is -2.15. The van der Waals surface area contributed by atoms with E-state index in [0.29, 0.717) is 6.42 Å². The quantitative estimate of drug-likeness (QED) is 0.389. The van der Waals surface area contributed by atoms with Crippen LogP contribution in [0.5, 0.6) is 0 Å². The molecule has 0 saturated carbocycles. The summed E-state index contributed by atoms with van der Waals surface area (Å²) < 4.78 is 2.86. The van der Waals surface area contributed by atoms with Gasteiger partial charge in [0.1, 0.15) is 5.01 Å². The molecule has 4 nitrogen and oxygen atoms in total. The summed E-state index contributed by atoms with van der Waals surface area (Å²) in [6.45, 7) is 3.99. The van der Waals surface area contributed by atoms with Crippen LogP contribution in [0.1, 0.15) is 20.3 Å². The van der Waals surface area contributed by atoms with E-state index in [9.17, 15) is 4.79 Å². The van der Waals surface area contributed by atoms with E-state index in [1.165, 1.54) is 0 Å². The number of amides is 1. The Bertz CT molecular complexity index is 984. The molecular formula is C19H17Br2N3OS2. The highest BCUT2D eigenvalue weighted by molar-refractivity contribution is 9.11. The van der Waals surface area contributed by atoms with Crippen LogP contribution in [0.2, 0.25) is 0 Å². The van der Waals surface area contributed by atoms with Crippen LogP contribution in [0.3, 0.4) is 0 Å². The van der Waals surface area contributed by atoms with Gasteiger partial charge in [-0.25, -0.2) is 4.98 Å². The Morgan fingerprint density at radius 3 is 2.70 bits per heavy atom. The maximum Gasteiger partial charge on any atom is 0.226 e. The van der Waals surface area contributed by atoms with Crippen LogP contribution < -0.4 is 10.6 Å². The largest absolute Gasteiger partial charge is 0.331 e. The first kappa shape index (κ1) is 20.4.